The van der Waals surface area contributed by atoms with Crippen molar-refractivity contribution in [3.8, 4) is 0 Å². The van der Waals surface area contributed by atoms with Crippen molar-refractivity contribution in [3.63, 3.8) is 0 Å². The average Bonchev–Trinajstić information content (AvgIpc) is 2.30. The zero-order valence-electron chi connectivity index (χ0n) is 9.08. The normalized spacial score (nSPS) is 10.1. The molecule has 0 aliphatic heterocycles. The summed E-state index contributed by atoms with van der Waals surface area (Å²) in [6.07, 6.45) is 2.10. The molecule has 3 nitrogen and oxygen atoms in total. The lowest BCUT2D eigenvalue weighted by Crippen LogP contribution is -2.12. The highest BCUT2D eigenvalue weighted by Gasteiger charge is 2.05. The molecule has 1 aromatic carbocycles. The van der Waals surface area contributed by atoms with Crippen molar-refractivity contribution in [2.24, 2.45) is 0 Å². The van der Waals surface area contributed by atoms with Gasteiger partial charge in [-0.15, -0.1) is 11.6 Å². The fourth-order valence-corrected chi connectivity index (χ4v) is 1.56. The predicted molar refractivity (Wildman–Crippen MR) is 65.6 cm³/mol. The standard InChI is InChI=1S/C12H16ClNO2/c13-8-4-3-7-12(16)14-11-6-2-1-5-10(11)9-15/h1-2,5-6,15H,3-4,7-9H2,(H,14,16). The zero-order chi connectivity index (χ0) is 11.8. The number of aliphatic hydroxyl groups is 1. The number of unbranched alkanes of at least 4 members (excludes halogenated alkanes) is 1. The first-order valence-corrected chi connectivity index (χ1v) is 5.86. The minimum absolute atomic E-state index is 0.0361. The van der Waals surface area contributed by atoms with Gasteiger partial charge in [0.25, 0.3) is 0 Å². The Bertz CT molecular complexity index is 342. The van der Waals surface area contributed by atoms with Gasteiger partial charge in [0.2, 0.25) is 5.91 Å². The van der Waals surface area contributed by atoms with Gasteiger partial charge in [-0.2, -0.15) is 0 Å². The second kappa shape index (κ2) is 7.25. The van der Waals surface area contributed by atoms with Crippen molar-refractivity contribution in [1.29, 1.82) is 0 Å². The number of nitrogens with one attached hydrogen (secondary N) is 1. The van der Waals surface area contributed by atoms with Crippen molar-refractivity contribution in [3.05, 3.63) is 29.8 Å². The average molecular weight is 242 g/mol. The van der Waals surface area contributed by atoms with Crippen molar-refractivity contribution < 1.29 is 9.90 Å². The van der Waals surface area contributed by atoms with Gasteiger partial charge < -0.3 is 10.4 Å². The van der Waals surface area contributed by atoms with E-state index in [2.05, 4.69) is 5.32 Å². The van der Waals surface area contributed by atoms with E-state index in [-0.39, 0.29) is 12.5 Å². The largest absolute Gasteiger partial charge is 0.392 e. The third-order valence-electron chi connectivity index (χ3n) is 2.25. The Kier molecular flexibility index (Phi) is 5.90. The Morgan fingerprint density at radius 2 is 2.06 bits per heavy atom. The van der Waals surface area contributed by atoms with E-state index in [1.165, 1.54) is 0 Å². The molecular weight excluding hydrogens is 226 g/mol. The number of amides is 1. The van der Waals surface area contributed by atoms with Crippen LogP contribution in [0.15, 0.2) is 24.3 Å². The molecule has 0 heterocycles. The number of hydrogen-bond donors (Lipinski definition) is 2. The van der Waals surface area contributed by atoms with Crippen LogP contribution in [0.25, 0.3) is 0 Å². The number of alkyl halides is 1. The molecule has 0 fully saturated rings. The van der Waals surface area contributed by atoms with Gasteiger partial charge in [0.05, 0.1) is 6.61 Å². The number of halogens is 1. The Hall–Kier alpha value is -1.06. The van der Waals surface area contributed by atoms with Crippen molar-refractivity contribution in [2.45, 2.75) is 25.9 Å². The van der Waals surface area contributed by atoms with Crippen LogP contribution in [0.2, 0.25) is 0 Å². The van der Waals surface area contributed by atoms with E-state index in [0.29, 0.717) is 18.0 Å². The Morgan fingerprint density at radius 3 is 2.75 bits per heavy atom. The van der Waals surface area contributed by atoms with E-state index >= 15 is 0 Å². The molecule has 2 N–H and O–H groups in total. The van der Waals surface area contributed by atoms with Gasteiger partial charge in [-0.05, 0) is 18.9 Å². The van der Waals surface area contributed by atoms with Gasteiger partial charge in [0, 0.05) is 23.6 Å². The summed E-state index contributed by atoms with van der Waals surface area (Å²) >= 11 is 5.53. The molecule has 0 spiro atoms. The number of benzene rings is 1. The van der Waals surface area contributed by atoms with E-state index in [1.807, 2.05) is 12.1 Å². The van der Waals surface area contributed by atoms with Crippen LogP contribution < -0.4 is 5.32 Å². The minimum atomic E-state index is -0.0713. The van der Waals surface area contributed by atoms with E-state index in [1.54, 1.807) is 12.1 Å². The Morgan fingerprint density at radius 1 is 1.31 bits per heavy atom. The molecule has 0 unspecified atom stereocenters. The molecule has 1 aromatic rings. The molecule has 0 aromatic heterocycles. The lowest BCUT2D eigenvalue weighted by atomic mass is 10.1. The maximum atomic E-state index is 11.5. The predicted octanol–water partition coefficient (Wildman–Crippen LogP) is 2.53. The van der Waals surface area contributed by atoms with Gasteiger partial charge in [-0.3, -0.25) is 4.79 Å². The molecule has 0 saturated carbocycles. The second-order valence-corrected chi connectivity index (χ2v) is 3.89. The molecule has 88 valence electrons. The van der Waals surface area contributed by atoms with Crippen LogP contribution in [0, 0.1) is 0 Å². The van der Waals surface area contributed by atoms with Gasteiger partial charge in [-0.1, -0.05) is 18.2 Å². The molecule has 16 heavy (non-hydrogen) atoms. The van der Waals surface area contributed by atoms with Crippen LogP contribution in [0.1, 0.15) is 24.8 Å². The van der Waals surface area contributed by atoms with Crippen LogP contribution in [-0.2, 0) is 11.4 Å². The summed E-state index contributed by atoms with van der Waals surface area (Å²) in [5.74, 6) is 0.548. The summed E-state index contributed by atoms with van der Waals surface area (Å²) in [7, 11) is 0. The number of hydrogen-bond acceptors (Lipinski definition) is 2. The topological polar surface area (TPSA) is 49.3 Å². The van der Waals surface area contributed by atoms with Crippen LogP contribution in [0.3, 0.4) is 0 Å². The lowest BCUT2D eigenvalue weighted by Gasteiger charge is -2.08. The SMILES string of the molecule is O=C(CCCCCl)Nc1ccccc1CO. The fraction of sp³-hybridized carbons (Fsp3) is 0.417. The van der Waals surface area contributed by atoms with E-state index in [4.69, 9.17) is 16.7 Å². The van der Waals surface area contributed by atoms with Crippen LogP contribution in [-0.4, -0.2) is 16.9 Å². The minimum Gasteiger partial charge on any atom is -0.392 e. The summed E-state index contributed by atoms with van der Waals surface area (Å²) in [6.45, 7) is -0.0713. The quantitative estimate of drug-likeness (QED) is 0.594. The summed E-state index contributed by atoms with van der Waals surface area (Å²) in [5, 5.41) is 11.9. The first-order valence-electron chi connectivity index (χ1n) is 5.32. The molecule has 0 radical (unpaired) electrons. The van der Waals surface area contributed by atoms with Crippen LogP contribution in [0.5, 0.6) is 0 Å². The highest BCUT2D eigenvalue weighted by Crippen LogP contribution is 2.15. The molecule has 0 saturated heterocycles. The lowest BCUT2D eigenvalue weighted by molar-refractivity contribution is -0.116. The summed E-state index contributed by atoms with van der Waals surface area (Å²) in [5.41, 5.74) is 1.41. The zero-order valence-corrected chi connectivity index (χ0v) is 9.83. The molecule has 1 rings (SSSR count). The van der Waals surface area contributed by atoms with Crippen LogP contribution >= 0.6 is 11.6 Å². The highest BCUT2D eigenvalue weighted by molar-refractivity contribution is 6.17. The maximum Gasteiger partial charge on any atom is 0.224 e. The van der Waals surface area contributed by atoms with E-state index in [0.717, 1.165) is 18.4 Å². The fourth-order valence-electron chi connectivity index (χ4n) is 1.37. The summed E-state index contributed by atoms with van der Waals surface area (Å²) in [4.78, 5) is 11.5. The maximum absolute atomic E-state index is 11.5. The molecule has 0 aliphatic carbocycles. The molecule has 0 atom stereocenters. The van der Waals surface area contributed by atoms with Gasteiger partial charge in [0.15, 0.2) is 0 Å². The van der Waals surface area contributed by atoms with Crippen molar-refractivity contribution >= 4 is 23.2 Å². The van der Waals surface area contributed by atoms with Crippen LogP contribution in [0.4, 0.5) is 5.69 Å². The number of rotatable bonds is 6. The first kappa shape index (κ1) is 13.0. The number of carbonyl (C=O) groups is 1. The molecule has 1 amide bonds. The number of anilines is 1. The Balaban J connectivity index is 2.49. The third-order valence-corrected chi connectivity index (χ3v) is 2.52. The Labute approximate surface area is 100 Å². The van der Waals surface area contributed by atoms with E-state index in [9.17, 15) is 4.79 Å². The molecule has 0 bridgehead atoms. The smallest absolute Gasteiger partial charge is 0.224 e. The second-order valence-electron chi connectivity index (χ2n) is 3.51. The first-order chi connectivity index (χ1) is 7.77. The van der Waals surface area contributed by atoms with Gasteiger partial charge in [0.1, 0.15) is 0 Å². The molecular formula is C12H16ClNO2. The summed E-state index contributed by atoms with van der Waals surface area (Å²) in [6, 6.07) is 7.22. The monoisotopic (exact) mass is 241 g/mol. The molecule has 0 aliphatic rings. The third kappa shape index (κ3) is 4.21. The number of para-hydroxylation sites is 1. The number of aliphatic hydroxyl groups excluding tert-OH is 1. The molecule has 4 heteroatoms. The van der Waals surface area contributed by atoms with Gasteiger partial charge >= 0.3 is 0 Å². The highest BCUT2D eigenvalue weighted by atomic mass is 35.5. The number of carbonyl (C=O) groups excluding carboxylic acids is 1. The summed E-state index contributed by atoms with van der Waals surface area (Å²) < 4.78 is 0. The van der Waals surface area contributed by atoms with Crippen molar-refractivity contribution in [2.75, 3.05) is 11.2 Å². The van der Waals surface area contributed by atoms with Gasteiger partial charge in [-0.25, -0.2) is 0 Å². The van der Waals surface area contributed by atoms with Crippen molar-refractivity contribution in [1.82, 2.24) is 0 Å². The van der Waals surface area contributed by atoms with E-state index < -0.39 is 0 Å².